The first kappa shape index (κ1) is 33.2. The molecular weight excluding hydrogens is 551 g/mol. The minimum absolute atomic E-state index is 0.0250. The second-order valence-corrected chi connectivity index (χ2v) is 10.6. The maximum Gasteiger partial charge on any atom is 0.254 e. The predicted octanol–water partition coefficient (Wildman–Crippen LogP) is 3.77. The maximum atomic E-state index is 14.1. The van der Waals surface area contributed by atoms with Crippen LogP contribution in [0.4, 0.5) is 4.39 Å². The molecule has 0 saturated carbocycles. The Morgan fingerprint density at radius 1 is 0.860 bits per heavy atom. The highest BCUT2D eigenvalue weighted by Gasteiger charge is 2.26. The Morgan fingerprint density at radius 3 is 2.00 bits per heavy atom. The Kier molecular flexibility index (Phi) is 12.2. The molecule has 230 valence electrons. The second kappa shape index (κ2) is 15.8. The molecule has 5 N–H and O–H groups in total. The number of nitrogens with zero attached hydrogens (tertiary/aromatic N) is 2. The third-order valence-corrected chi connectivity index (χ3v) is 7.07. The standard InChI is InChI=1S/C33H41FN4O5/c1-4-13-37(14-5-2)32(41)25-17-24(31(36)40)18-26(19-25)33(42)38(20-23-7-6-8-28(15-23)43-3)21-30(39)29(35)16-22-9-11-27(34)12-10-22/h6-12,15,17-19,29-30,39H,4-5,13-14,16,20-21,35H2,1-3H3,(H2,36,40)/t29-,30+/m0/s1. The molecule has 3 rings (SSSR count). The van der Waals surface area contributed by atoms with Crippen molar-refractivity contribution in [1.29, 1.82) is 0 Å². The van der Waals surface area contributed by atoms with Gasteiger partial charge in [-0.3, -0.25) is 14.4 Å². The van der Waals surface area contributed by atoms with Crippen molar-refractivity contribution < 1.29 is 28.6 Å². The number of hydrogen-bond acceptors (Lipinski definition) is 6. The SMILES string of the molecule is CCCN(CCC)C(=O)c1cc(C(N)=O)cc(C(=O)N(Cc2cccc(OC)c2)C[C@@H](O)[C@@H](N)Cc2ccc(F)cc2)c1. The summed E-state index contributed by atoms with van der Waals surface area (Å²) < 4.78 is 18.7. The van der Waals surface area contributed by atoms with Crippen molar-refractivity contribution in [2.75, 3.05) is 26.7 Å². The van der Waals surface area contributed by atoms with Gasteiger partial charge in [0.15, 0.2) is 0 Å². The van der Waals surface area contributed by atoms with Gasteiger partial charge in [-0.05, 0) is 72.9 Å². The fourth-order valence-corrected chi connectivity index (χ4v) is 4.84. The van der Waals surface area contributed by atoms with Gasteiger partial charge in [0.05, 0.1) is 13.2 Å². The van der Waals surface area contributed by atoms with Gasteiger partial charge >= 0.3 is 0 Å². The van der Waals surface area contributed by atoms with Crippen LogP contribution in [-0.4, -0.2) is 71.5 Å². The summed E-state index contributed by atoms with van der Waals surface area (Å²) in [6.07, 6.45) is 0.600. The average Bonchev–Trinajstić information content (AvgIpc) is 3.00. The zero-order chi connectivity index (χ0) is 31.5. The van der Waals surface area contributed by atoms with Crippen LogP contribution in [0.25, 0.3) is 0 Å². The normalized spacial score (nSPS) is 12.3. The molecule has 43 heavy (non-hydrogen) atoms. The molecule has 3 aromatic rings. The number of halogens is 1. The summed E-state index contributed by atoms with van der Waals surface area (Å²) in [4.78, 5) is 42.8. The summed E-state index contributed by atoms with van der Waals surface area (Å²) in [5, 5.41) is 11.1. The van der Waals surface area contributed by atoms with Crippen LogP contribution >= 0.6 is 0 Å². The Morgan fingerprint density at radius 2 is 1.44 bits per heavy atom. The molecule has 2 atom stereocenters. The third kappa shape index (κ3) is 9.36. The number of hydrogen-bond donors (Lipinski definition) is 3. The number of amides is 3. The van der Waals surface area contributed by atoms with E-state index in [-0.39, 0.29) is 47.9 Å². The monoisotopic (exact) mass is 592 g/mol. The number of methoxy groups -OCH3 is 1. The molecule has 0 saturated heterocycles. The van der Waals surface area contributed by atoms with E-state index in [1.165, 1.54) is 42.3 Å². The number of carbonyl (C=O) groups excluding carboxylic acids is 3. The van der Waals surface area contributed by atoms with E-state index >= 15 is 0 Å². The minimum atomic E-state index is -1.15. The summed E-state index contributed by atoms with van der Waals surface area (Å²) in [6.45, 7) is 4.91. The smallest absolute Gasteiger partial charge is 0.254 e. The topological polar surface area (TPSA) is 139 Å². The van der Waals surface area contributed by atoms with E-state index in [4.69, 9.17) is 16.2 Å². The van der Waals surface area contributed by atoms with Crippen LogP contribution in [0.5, 0.6) is 5.75 Å². The summed E-state index contributed by atoms with van der Waals surface area (Å²) in [6, 6.07) is 16.4. The van der Waals surface area contributed by atoms with Gasteiger partial charge < -0.3 is 31.1 Å². The second-order valence-electron chi connectivity index (χ2n) is 10.6. The lowest BCUT2D eigenvalue weighted by Gasteiger charge is -2.29. The first-order valence-electron chi connectivity index (χ1n) is 14.4. The fraction of sp³-hybridized carbons (Fsp3) is 0.364. The first-order chi connectivity index (χ1) is 20.6. The Hall–Kier alpha value is -4.28. The van der Waals surface area contributed by atoms with Crippen molar-refractivity contribution in [3.8, 4) is 5.75 Å². The molecule has 9 nitrogen and oxygen atoms in total. The van der Waals surface area contributed by atoms with Gasteiger partial charge in [-0.2, -0.15) is 0 Å². The fourth-order valence-electron chi connectivity index (χ4n) is 4.84. The van der Waals surface area contributed by atoms with Crippen molar-refractivity contribution in [3.63, 3.8) is 0 Å². The molecule has 0 bridgehead atoms. The molecule has 0 radical (unpaired) electrons. The minimum Gasteiger partial charge on any atom is -0.497 e. The van der Waals surface area contributed by atoms with E-state index in [1.54, 1.807) is 35.2 Å². The summed E-state index contributed by atoms with van der Waals surface area (Å²) in [7, 11) is 1.54. The molecule has 3 aromatic carbocycles. The van der Waals surface area contributed by atoms with E-state index in [0.717, 1.165) is 24.0 Å². The number of aliphatic hydroxyl groups is 1. The lowest BCUT2D eigenvalue weighted by Crippen LogP contribution is -2.46. The lowest BCUT2D eigenvalue weighted by molar-refractivity contribution is 0.0554. The van der Waals surface area contributed by atoms with Crippen LogP contribution in [0, 0.1) is 5.82 Å². The van der Waals surface area contributed by atoms with E-state index in [1.807, 2.05) is 19.9 Å². The van der Waals surface area contributed by atoms with Crippen LogP contribution < -0.4 is 16.2 Å². The van der Waals surface area contributed by atoms with Gasteiger partial charge in [0.1, 0.15) is 11.6 Å². The molecule has 3 amide bonds. The number of rotatable bonds is 15. The van der Waals surface area contributed by atoms with Crippen molar-refractivity contribution >= 4 is 17.7 Å². The molecule has 0 aliphatic rings. The van der Waals surface area contributed by atoms with Gasteiger partial charge in [-0.25, -0.2) is 4.39 Å². The number of carbonyl (C=O) groups is 3. The van der Waals surface area contributed by atoms with Crippen LogP contribution in [0.2, 0.25) is 0 Å². The number of aliphatic hydroxyl groups excluding tert-OH is 1. The predicted molar refractivity (Wildman–Crippen MR) is 163 cm³/mol. The van der Waals surface area contributed by atoms with Gasteiger partial charge in [0, 0.05) is 48.9 Å². The zero-order valence-corrected chi connectivity index (χ0v) is 25.0. The van der Waals surface area contributed by atoms with E-state index in [2.05, 4.69) is 0 Å². The number of nitrogens with two attached hydrogens (primary N) is 2. The quantitative estimate of drug-likeness (QED) is 0.246. The van der Waals surface area contributed by atoms with E-state index in [0.29, 0.717) is 18.8 Å². The van der Waals surface area contributed by atoms with Gasteiger partial charge in [0.25, 0.3) is 11.8 Å². The van der Waals surface area contributed by atoms with Gasteiger partial charge in [-0.1, -0.05) is 38.1 Å². The van der Waals surface area contributed by atoms with Crippen LogP contribution in [-0.2, 0) is 13.0 Å². The van der Waals surface area contributed by atoms with Crippen molar-refractivity contribution in [2.24, 2.45) is 11.5 Å². The number of ether oxygens (including phenoxy) is 1. The van der Waals surface area contributed by atoms with Gasteiger partial charge in [-0.15, -0.1) is 0 Å². The maximum absolute atomic E-state index is 14.1. The highest BCUT2D eigenvalue weighted by molar-refractivity contribution is 6.04. The average molecular weight is 593 g/mol. The lowest BCUT2D eigenvalue weighted by atomic mass is 10.00. The highest BCUT2D eigenvalue weighted by Crippen LogP contribution is 2.20. The van der Waals surface area contributed by atoms with Crippen LogP contribution in [0.3, 0.4) is 0 Å². The number of benzene rings is 3. The summed E-state index contributed by atoms with van der Waals surface area (Å²) in [5.74, 6) is -1.39. The molecule has 0 fully saturated rings. The molecule has 0 aliphatic heterocycles. The Labute approximate surface area is 252 Å². The molecule has 0 unspecified atom stereocenters. The third-order valence-electron chi connectivity index (χ3n) is 7.07. The first-order valence-corrected chi connectivity index (χ1v) is 14.4. The molecule has 10 heteroatoms. The van der Waals surface area contributed by atoms with E-state index in [9.17, 15) is 23.9 Å². The Bertz CT molecular complexity index is 1390. The zero-order valence-electron chi connectivity index (χ0n) is 25.0. The van der Waals surface area contributed by atoms with E-state index < -0.39 is 24.0 Å². The molecule has 0 spiro atoms. The van der Waals surface area contributed by atoms with Crippen LogP contribution in [0.1, 0.15) is 68.9 Å². The number of primary amides is 1. The molecule has 0 aliphatic carbocycles. The summed E-state index contributed by atoms with van der Waals surface area (Å²) >= 11 is 0. The van der Waals surface area contributed by atoms with Crippen LogP contribution in [0.15, 0.2) is 66.7 Å². The van der Waals surface area contributed by atoms with Crippen molar-refractivity contribution in [3.05, 3.63) is 100 Å². The molecular formula is C33H41FN4O5. The highest BCUT2D eigenvalue weighted by atomic mass is 19.1. The van der Waals surface area contributed by atoms with Crippen molar-refractivity contribution in [1.82, 2.24) is 9.80 Å². The largest absolute Gasteiger partial charge is 0.497 e. The summed E-state index contributed by atoms with van der Waals surface area (Å²) in [5.41, 5.74) is 13.7. The van der Waals surface area contributed by atoms with Gasteiger partial charge in [0.2, 0.25) is 5.91 Å². The molecule has 0 aromatic heterocycles. The Balaban J connectivity index is 1.97. The van der Waals surface area contributed by atoms with Crippen molar-refractivity contribution in [2.45, 2.75) is 51.8 Å². The molecule has 0 heterocycles.